The van der Waals surface area contributed by atoms with Gasteiger partial charge in [0.15, 0.2) is 11.4 Å². The summed E-state index contributed by atoms with van der Waals surface area (Å²) in [6.45, 7) is 0. The van der Waals surface area contributed by atoms with Gasteiger partial charge >= 0.3 is 0 Å². The van der Waals surface area contributed by atoms with Crippen LogP contribution in [0.25, 0.3) is 11.3 Å². The Morgan fingerprint density at radius 3 is 2.26 bits per heavy atom. The first-order valence-electron chi connectivity index (χ1n) is 5.22. The third-order valence-corrected chi connectivity index (χ3v) is 2.80. The van der Waals surface area contributed by atoms with Crippen molar-refractivity contribution < 1.29 is 9.18 Å². The van der Waals surface area contributed by atoms with E-state index in [1.807, 2.05) is 0 Å². The molecule has 0 spiro atoms. The lowest BCUT2D eigenvalue weighted by atomic mass is 10.1. The Hall–Kier alpha value is -3.12. The van der Waals surface area contributed by atoms with Gasteiger partial charge in [-0.05, 0) is 18.2 Å². The molecule has 6 heteroatoms. The molecular formula is C13H3FN4O. The van der Waals surface area contributed by atoms with Crippen LogP contribution in [0.1, 0.15) is 27.4 Å². The third-order valence-electron chi connectivity index (χ3n) is 2.80. The largest absolute Gasteiger partial charge is 0.287 e. The number of nitrogens with zero attached hydrogens (tertiary/aromatic N) is 4. The first kappa shape index (κ1) is 11.0. The second kappa shape index (κ2) is 3.69. The summed E-state index contributed by atoms with van der Waals surface area (Å²) < 4.78 is 13.2. The number of carbonyl (C=O) groups excluding carboxylic acids is 1. The lowest BCUT2D eigenvalue weighted by Gasteiger charge is -1.99. The van der Waals surface area contributed by atoms with Crippen molar-refractivity contribution in [2.24, 2.45) is 0 Å². The van der Waals surface area contributed by atoms with Crippen LogP contribution in [0.5, 0.6) is 0 Å². The first-order chi connectivity index (χ1) is 9.15. The van der Waals surface area contributed by atoms with Gasteiger partial charge in [-0.2, -0.15) is 10.5 Å². The van der Waals surface area contributed by atoms with Gasteiger partial charge in [-0.1, -0.05) is 0 Å². The summed E-state index contributed by atoms with van der Waals surface area (Å²) in [6.07, 6.45) is 0. The summed E-state index contributed by atoms with van der Waals surface area (Å²) in [5, 5.41) is 17.7. The highest BCUT2D eigenvalue weighted by molar-refractivity contribution is 6.19. The van der Waals surface area contributed by atoms with Crippen LogP contribution in [0.15, 0.2) is 18.2 Å². The molecule has 0 unspecified atom stereocenters. The third kappa shape index (κ3) is 1.41. The van der Waals surface area contributed by atoms with Crippen molar-refractivity contribution in [3.05, 3.63) is 46.7 Å². The van der Waals surface area contributed by atoms with Crippen LogP contribution in [0, 0.1) is 28.5 Å². The molecule has 1 heterocycles. The number of rotatable bonds is 0. The Bertz CT molecular complexity index is 830. The predicted octanol–water partition coefficient (Wildman–Crippen LogP) is 1.57. The maximum absolute atomic E-state index is 13.2. The predicted molar refractivity (Wildman–Crippen MR) is 60.3 cm³/mol. The van der Waals surface area contributed by atoms with Crippen LogP contribution in [0.4, 0.5) is 4.39 Å². The van der Waals surface area contributed by atoms with E-state index in [0.717, 1.165) is 0 Å². The summed E-state index contributed by atoms with van der Waals surface area (Å²) >= 11 is 0. The number of nitriles is 2. The molecule has 88 valence electrons. The summed E-state index contributed by atoms with van der Waals surface area (Å²) in [5.41, 5.74) is 0.323. The minimum absolute atomic E-state index is 0.0175. The molecule has 0 N–H and O–H groups in total. The number of ketones is 1. The second-order valence-electron chi connectivity index (χ2n) is 3.86. The maximum atomic E-state index is 13.2. The van der Waals surface area contributed by atoms with E-state index < -0.39 is 11.6 Å². The van der Waals surface area contributed by atoms with Gasteiger partial charge in [0.1, 0.15) is 29.3 Å². The highest BCUT2D eigenvalue weighted by atomic mass is 19.1. The van der Waals surface area contributed by atoms with E-state index in [4.69, 9.17) is 10.5 Å². The molecule has 0 fully saturated rings. The van der Waals surface area contributed by atoms with E-state index in [2.05, 4.69) is 9.97 Å². The molecule has 1 aromatic carbocycles. The number of aromatic nitrogens is 2. The van der Waals surface area contributed by atoms with E-state index in [1.165, 1.54) is 18.2 Å². The molecule has 19 heavy (non-hydrogen) atoms. The highest BCUT2D eigenvalue weighted by Gasteiger charge is 2.31. The van der Waals surface area contributed by atoms with Crippen molar-refractivity contribution in [1.29, 1.82) is 10.5 Å². The van der Waals surface area contributed by atoms with Crippen LogP contribution in [-0.2, 0) is 0 Å². The molecule has 5 nitrogen and oxygen atoms in total. The van der Waals surface area contributed by atoms with E-state index >= 15 is 0 Å². The number of hydrogen-bond acceptors (Lipinski definition) is 5. The first-order valence-corrected chi connectivity index (χ1v) is 5.22. The average Bonchev–Trinajstić information content (AvgIpc) is 2.70. The van der Waals surface area contributed by atoms with Crippen LogP contribution >= 0.6 is 0 Å². The summed E-state index contributed by atoms with van der Waals surface area (Å²) in [5.74, 6) is -0.928. The minimum Gasteiger partial charge on any atom is -0.287 e. The van der Waals surface area contributed by atoms with Crippen LogP contribution in [0.3, 0.4) is 0 Å². The van der Waals surface area contributed by atoms with Crippen LogP contribution < -0.4 is 0 Å². The summed E-state index contributed by atoms with van der Waals surface area (Å²) in [4.78, 5) is 19.8. The average molecular weight is 250 g/mol. The topological polar surface area (TPSA) is 90.4 Å². The molecule has 1 aromatic heterocycles. The smallest absolute Gasteiger partial charge is 0.214 e. The van der Waals surface area contributed by atoms with Crippen molar-refractivity contribution in [3.63, 3.8) is 0 Å². The Labute approximate surface area is 106 Å². The molecule has 0 bridgehead atoms. The number of hydrogen-bond donors (Lipinski definition) is 0. The number of carbonyl (C=O) groups is 1. The van der Waals surface area contributed by atoms with Crippen molar-refractivity contribution in [2.45, 2.75) is 0 Å². The Kier molecular flexibility index (Phi) is 2.13. The Morgan fingerprint density at radius 1 is 1.00 bits per heavy atom. The molecule has 0 amide bonds. The molecule has 0 saturated heterocycles. The molecule has 0 radical (unpaired) electrons. The van der Waals surface area contributed by atoms with E-state index in [9.17, 15) is 9.18 Å². The Balaban J connectivity index is 2.38. The lowest BCUT2D eigenvalue weighted by molar-refractivity contribution is 0.103. The van der Waals surface area contributed by atoms with Crippen molar-refractivity contribution in [2.75, 3.05) is 0 Å². The SMILES string of the molecule is N#Cc1nc2c(nc1C#N)-c1cc(F)ccc1C2=O. The van der Waals surface area contributed by atoms with Crippen LogP contribution in [0.2, 0.25) is 0 Å². The number of benzene rings is 1. The molecule has 1 aliphatic carbocycles. The number of halogens is 1. The Morgan fingerprint density at radius 2 is 1.63 bits per heavy atom. The van der Waals surface area contributed by atoms with E-state index in [1.54, 1.807) is 12.1 Å². The fourth-order valence-electron chi connectivity index (χ4n) is 1.98. The van der Waals surface area contributed by atoms with Gasteiger partial charge in [0.2, 0.25) is 5.78 Å². The number of fused-ring (bicyclic) bond motifs is 3. The fourth-order valence-corrected chi connectivity index (χ4v) is 1.98. The zero-order chi connectivity index (χ0) is 13.6. The van der Waals surface area contributed by atoms with Gasteiger partial charge in [-0.3, -0.25) is 4.79 Å². The van der Waals surface area contributed by atoms with E-state index in [-0.39, 0.29) is 28.3 Å². The van der Waals surface area contributed by atoms with Crippen molar-refractivity contribution in [1.82, 2.24) is 9.97 Å². The molecular weight excluding hydrogens is 247 g/mol. The second-order valence-corrected chi connectivity index (χ2v) is 3.86. The molecule has 0 saturated carbocycles. The quantitative estimate of drug-likeness (QED) is 0.604. The van der Waals surface area contributed by atoms with E-state index in [0.29, 0.717) is 5.56 Å². The molecule has 3 rings (SSSR count). The molecule has 1 aliphatic rings. The maximum Gasteiger partial charge on any atom is 0.214 e. The van der Waals surface area contributed by atoms with Crippen LogP contribution in [-0.4, -0.2) is 15.8 Å². The van der Waals surface area contributed by atoms with Gasteiger partial charge in [0.05, 0.1) is 0 Å². The monoisotopic (exact) mass is 250 g/mol. The van der Waals surface area contributed by atoms with Gasteiger partial charge in [0.25, 0.3) is 0 Å². The fraction of sp³-hybridized carbons (Fsp3) is 0. The zero-order valence-corrected chi connectivity index (χ0v) is 9.31. The van der Waals surface area contributed by atoms with Gasteiger partial charge < -0.3 is 0 Å². The summed E-state index contributed by atoms with van der Waals surface area (Å²) in [6, 6.07) is 7.12. The standard InChI is InChI=1S/C13H3FN4O/c14-6-1-2-7-8(3-6)11-12(13(7)19)18-10(5-16)9(4-15)17-11/h1-3H. The van der Waals surface area contributed by atoms with Gasteiger partial charge in [-0.15, -0.1) is 0 Å². The van der Waals surface area contributed by atoms with Gasteiger partial charge in [-0.25, -0.2) is 14.4 Å². The molecule has 0 aliphatic heterocycles. The molecule has 0 atom stereocenters. The normalized spacial score (nSPS) is 11.4. The van der Waals surface area contributed by atoms with Crippen molar-refractivity contribution >= 4 is 5.78 Å². The minimum atomic E-state index is -0.510. The van der Waals surface area contributed by atoms with Gasteiger partial charge in [0, 0.05) is 11.1 Å². The summed E-state index contributed by atoms with van der Waals surface area (Å²) in [7, 11) is 0. The lowest BCUT2D eigenvalue weighted by Crippen LogP contribution is -2.04. The molecule has 2 aromatic rings. The zero-order valence-electron chi connectivity index (χ0n) is 9.31. The van der Waals surface area contributed by atoms with Crippen molar-refractivity contribution in [3.8, 4) is 23.4 Å². The highest BCUT2D eigenvalue weighted by Crippen LogP contribution is 2.34.